The first kappa shape index (κ1) is 35.3. The Morgan fingerprint density at radius 2 is 1.47 bits per heavy atom. The fraction of sp³-hybridized carbons (Fsp3) is 0.211. The minimum Gasteiger partial charge on any atom is -0.497 e. The van der Waals surface area contributed by atoms with Crippen LogP contribution >= 0.6 is 11.3 Å². The van der Waals surface area contributed by atoms with Gasteiger partial charge in [-0.1, -0.05) is 66.7 Å². The van der Waals surface area contributed by atoms with E-state index in [0.29, 0.717) is 34.2 Å². The maximum Gasteiger partial charge on any atom is 0.252 e. The molecule has 2 amide bonds. The van der Waals surface area contributed by atoms with Crippen molar-refractivity contribution in [3.05, 3.63) is 148 Å². The van der Waals surface area contributed by atoms with Crippen molar-refractivity contribution < 1.29 is 22.7 Å². The molecule has 0 radical (unpaired) electrons. The molecule has 5 aromatic rings. The zero-order valence-corrected chi connectivity index (χ0v) is 28.9. The number of nitrogens with zero attached hydrogens (tertiary/aromatic N) is 1. The monoisotopic (exact) mass is 696 g/mol. The van der Waals surface area contributed by atoms with E-state index in [1.807, 2.05) is 12.1 Å². The van der Waals surface area contributed by atoms with Crippen LogP contribution in [0.3, 0.4) is 0 Å². The number of piperidine rings is 1. The molecule has 49 heavy (non-hydrogen) atoms. The third-order valence-electron chi connectivity index (χ3n) is 8.05. The van der Waals surface area contributed by atoms with Crippen molar-refractivity contribution in [3.63, 3.8) is 0 Å². The van der Waals surface area contributed by atoms with E-state index in [9.17, 15) is 18.0 Å². The summed E-state index contributed by atoms with van der Waals surface area (Å²) in [5.74, 6) is -0.0137. The van der Waals surface area contributed by atoms with Gasteiger partial charge in [-0.2, -0.15) is 4.31 Å². The molecular weight excluding hydrogens is 657 g/mol. The van der Waals surface area contributed by atoms with Gasteiger partial charge in [0, 0.05) is 40.8 Å². The zero-order valence-electron chi connectivity index (χ0n) is 27.2. The van der Waals surface area contributed by atoms with Crippen molar-refractivity contribution in [2.24, 2.45) is 5.73 Å². The molecule has 0 unspecified atom stereocenters. The Labute approximate surface area is 291 Å². The number of primary amides is 1. The minimum absolute atomic E-state index is 0.212. The highest BCUT2D eigenvalue weighted by molar-refractivity contribution is 7.91. The molecule has 6 rings (SSSR count). The molecule has 4 N–H and O–H groups in total. The summed E-state index contributed by atoms with van der Waals surface area (Å²) in [4.78, 5) is 23.7. The summed E-state index contributed by atoms with van der Waals surface area (Å²) < 4.78 is 33.7. The van der Waals surface area contributed by atoms with Crippen molar-refractivity contribution in [3.8, 4) is 5.75 Å². The summed E-state index contributed by atoms with van der Waals surface area (Å²) in [7, 11) is -2.03. The number of methoxy groups -OCH3 is 1. The van der Waals surface area contributed by atoms with Crippen LogP contribution in [-0.2, 0) is 23.0 Å². The second-order valence-corrected chi connectivity index (χ2v) is 14.9. The predicted molar refractivity (Wildman–Crippen MR) is 195 cm³/mol. The standard InChI is InChI=1S/C31H33N3O4S2.C7H7NO/c1-38-28-12-6-10-25(21-28)31(35)32-22-29-13-14-30(39-29)40(36,37)34-17-15-26(16-18-34)33-27-11-5-9-24(20-27)19-23-7-3-2-4-8-23;8-7(9)6-4-2-1-3-5-6/h2-14,20-21,26,33H,15-19,22H2,1H3,(H,32,35);1-5H,(H2,8,9). The number of nitrogens with one attached hydrogen (secondary N) is 2. The second kappa shape index (κ2) is 16.9. The Morgan fingerprint density at radius 1 is 0.816 bits per heavy atom. The Balaban J connectivity index is 0.000000452. The lowest BCUT2D eigenvalue weighted by molar-refractivity contribution is 0.0949. The van der Waals surface area contributed by atoms with Gasteiger partial charge in [0.15, 0.2) is 0 Å². The van der Waals surface area contributed by atoms with Crippen LogP contribution in [0.2, 0.25) is 0 Å². The molecule has 9 nitrogen and oxygen atoms in total. The Morgan fingerprint density at radius 3 is 2.14 bits per heavy atom. The third kappa shape index (κ3) is 10.0. The number of hydrogen-bond acceptors (Lipinski definition) is 7. The SMILES string of the molecule is COc1cccc(C(=O)NCc2ccc(S(=O)(=O)N3CCC(Nc4cccc(Cc5ccccc5)c4)CC3)s2)c1.NC(=O)c1ccccc1. The van der Waals surface area contributed by atoms with Gasteiger partial charge in [-0.3, -0.25) is 9.59 Å². The molecule has 1 saturated heterocycles. The lowest BCUT2D eigenvalue weighted by Gasteiger charge is -2.31. The van der Waals surface area contributed by atoms with E-state index in [0.717, 1.165) is 29.8 Å². The molecule has 0 bridgehead atoms. The first-order chi connectivity index (χ1) is 23.7. The van der Waals surface area contributed by atoms with Crippen molar-refractivity contribution >= 4 is 38.9 Å². The van der Waals surface area contributed by atoms with Gasteiger partial charge in [0.05, 0.1) is 13.7 Å². The summed E-state index contributed by atoms with van der Waals surface area (Å²) >= 11 is 1.20. The lowest BCUT2D eigenvalue weighted by Crippen LogP contribution is -2.42. The third-order valence-corrected chi connectivity index (χ3v) is 11.5. The average Bonchev–Trinajstić information content (AvgIpc) is 3.62. The highest BCUT2D eigenvalue weighted by atomic mass is 32.2. The molecule has 11 heteroatoms. The van der Waals surface area contributed by atoms with Gasteiger partial charge in [0.2, 0.25) is 5.91 Å². The number of carbonyl (C=O) groups is 2. The van der Waals surface area contributed by atoms with Crippen molar-refractivity contribution in [2.45, 2.75) is 36.1 Å². The molecule has 2 heterocycles. The van der Waals surface area contributed by atoms with E-state index >= 15 is 0 Å². The number of nitrogens with two attached hydrogens (primary N) is 1. The van der Waals surface area contributed by atoms with E-state index < -0.39 is 10.0 Å². The summed E-state index contributed by atoms with van der Waals surface area (Å²) in [5.41, 5.74) is 9.59. The number of carbonyl (C=O) groups excluding carboxylic acids is 2. The maximum absolute atomic E-state index is 13.3. The van der Waals surface area contributed by atoms with Crippen LogP contribution in [0.15, 0.2) is 126 Å². The molecule has 0 aliphatic carbocycles. The first-order valence-electron chi connectivity index (χ1n) is 16.0. The van der Waals surface area contributed by atoms with Crippen molar-refractivity contribution in [2.75, 3.05) is 25.5 Å². The molecule has 1 aromatic heterocycles. The van der Waals surface area contributed by atoms with E-state index in [1.165, 1.54) is 22.5 Å². The number of amides is 2. The molecule has 4 aromatic carbocycles. The van der Waals surface area contributed by atoms with E-state index in [1.54, 1.807) is 72.1 Å². The number of rotatable bonds is 11. The van der Waals surface area contributed by atoms with Gasteiger partial charge in [0.1, 0.15) is 9.96 Å². The van der Waals surface area contributed by atoms with Crippen LogP contribution in [0.25, 0.3) is 0 Å². The molecule has 0 atom stereocenters. The lowest BCUT2D eigenvalue weighted by atomic mass is 10.0. The van der Waals surface area contributed by atoms with Crippen molar-refractivity contribution in [1.29, 1.82) is 0 Å². The van der Waals surface area contributed by atoms with Gasteiger partial charge < -0.3 is 21.1 Å². The number of benzene rings is 4. The second-order valence-electron chi connectivity index (χ2n) is 11.6. The Kier molecular flexibility index (Phi) is 12.2. The molecule has 1 fully saturated rings. The number of hydrogen-bond donors (Lipinski definition) is 3. The average molecular weight is 697 g/mol. The van der Waals surface area contributed by atoms with E-state index in [-0.39, 0.29) is 24.4 Å². The van der Waals surface area contributed by atoms with Crippen LogP contribution in [0.1, 0.15) is 49.6 Å². The molecular formula is C38H40N4O5S2. The Hall–Kier alpha value is -4.97. The van der Waals surface area contributed by atoms with Gasteiger partial charge in [-0.05, 0) is 85.0 Å². The number of thiophene rings is 1. The first-order valence-corrected chi connectivity index (χ1v) is 18.2. The summed E-state index contributed by atoms with van der Waals surface area (Å²) in [6.45, 7) is 1.18. The molecule has 0 saturated carbocycles. The highest BCUT2D eigenvalue weighted by Crippen LogP contribution is 2.28. The fourth-order valence-corrected chi connectivity index (χ4v) is 8.35. The number of ether oxygens (including phenoxy) is 1. The molecule has 0 spiro atoms. The van der Waals surface area contributed by atoms with Gasteiger partial charge in [-0.15, -0.1) is 11.3 Å². The largest absolute Gasteiger partial charge is 0.497 e. The molecule has 1 aliphatic heterocycles. The quantitative estimate of drug-likeness (QED) is 0.148. The molecule has 254 valence electrons. The molecule has 1 aliphatic rings. The van der Waals surface area contributed by atoms with Crippen LogP contribution in [0.4, 0.5) is 5.69 Å². The van der Waals surface area contributed by atoms with E-state index in [2.05, 4.69) is 59.2 Å². The van der Waals surface area contributed by atoms with Crippen LogP contribution < -0.4 is 21.1 Å². The van der Waals surface area contributed by atoms with Crippen LogP contribution in [-0.4, -0.2) is 50.8 Å². The number of anilines is 1. The number of sulfonamides is 1. The van der Waals surface area contributed by atoms with Crippen LogP contribution in [0, 0.1) is 0 Å². The smallest absolute Gasteiger partial charge is 0.252 e. The van der Waals surface area contributed by atoms with Gasteiger partial charge >= 0.3 is 0 Å². The summed E-state index contributed by atoms with van der Waals surface area (Å²) in [5, 5.41) is 6.46. The minimum atomic E-state index is -3.58. The van der Waals surface area contributed by atoms with E-state index in [4.69, 9.17) is 10.5 Å². The summed E-state index contributed by atoms with van der Waals surface area (Å²) in [6.07, 6.45) is 2.34. The maximum atomic E-state index is 13.3. The fourth-order valence-electron chi connectivity index (χ4n) is 5.43. The summed E-state index contributed by atoms with van der Waals surface area (Å²) in [6, 6.07) is 38.1. The predicted octanol–water partition coefficient (Wildman–Crippen LogP) is 6.33. The Bertz CT molecular complexity index is 1940. The highest BCUT2D eigenvalue weighted by Gasteiger charge is 2.30. The normalized spacial score (nSPS) is 13.5. The zero-order chi connectivity index (χ0) is 34.6. The van der Waals surface area contributed by atoms with Crippen molar-refractivity contribution in [1.82, 2.24) is 9.62 Å². The van der Waals surface area contributed by atoms with Crippen LogP contribution in [0.5, 0.6) is 5.75 Å². The topological polar surface area (TPSA) is 131 Å². The van der Waals surface area contributed by atoms with Gasteiger partial charge in [0.25, 0.3) is 15.9 Å². The van der Waals surface area contributed by atoms with Gasteiger partial charge in [-0.25, -0.2) is 8.42 Å².